The molecule has 7 nitrogen and oxygen atoms in total. The number of hydrogen-bond donors (Lipinski definition) is 2. The number of H-pyrrole nitrogens is 1. The third-order valence-corrected chi connectivity index (χ3v) is 5.40. The van der Waals surface area contributed by atoms with Crippen molar-refractivity contribution >= 4 is 22.6 Å². The number of nitrogens with zero attached hydrogens (tertiary/aromatic N) is 4. The highest BCUT2D eigenvalue weighted by atomic mass is 16.2. The number of carbonyl (C=O) groups excluding carboxylic acids is 1. The van der Waals surface area contributed by atoms with Crippen LogP contribution < -0.4 is 5.32 Å². The normalized spacial score (nSPS) is 18.1. The number of fused-ring (bicyclic) bond motifs is 1. The van der Waals surface area contributed by atoms with Crippen LogP contribution in [0.1, 0.15) is 24.4 Å². The molecule has 0 unspecified atom stereocenters. The predicted molar refractivity (Wildman–Crippen MR) is 106 cm³/mol. The van der Waals surface area contributed by atoms with Crippen molar-refractivity contribution in [2.75, 3.05) is 25.0 Å². The molecule has 1 fully saturated rings. The van der Waals surface area contributed by atoms with Crippen molar-refractivity contribution < 1.29 is 4.79 Å². The number of imidazole rings is 1. The zero-order valence-electron chi connectivity index (χ0n) is 15.9. The molecule has 3 aromatic rings. The summed E-state index contributed by atoms with van der Waals surface area (Å²) in [7, 11) is 1.87. The second-order valence-corrected chi connectivity index (χ2v) is 7.46. The van der Waals surface area contributed by atoms with Crippen LogP contribution in [0.5, 0.6) is 0 Å². The Morgan fingerprint density at radius 1 is 1.37 bits per heavy atom. The van der Waals surface area contributed by atoms with Crippen LogP contribution in [0.3, 0.4) is 0 Å². The lowest BCUT2D eigenvalue weighted by Gasteiger charge is -2.31. The van der Waals surface area contributed by atoms with E-state index in [0.29, 0.717) is 12.5 Å². The van der Waals surface area contributed by atoms with Gasteiger partial charge in [0.1, 0.15) is 5.82 Å². The molecule has 1 saturated heterocycles. The summed E-state index contributed by atoms with van der Waals surface area (Å²) in [4.78, 5) is 22.8. The molecule has 0 spiro atoms. The summed E-state index contributed by atoms with van der Waals surface area (Å²) in [6.45, 7) is 4.27. The van der Waals surface area contributed by atoms with E-state index < -0.39 is 0 Å². The molecule has 1 aliphatic rings. The molecule has 142 valence electrons. The SMILES string of the molecule is Cc1c(NC(=O)CN2CCC[C@@H](Cc3nc4ccccc4[nH]3)C2)cnn1C. The summed E-state index contributed by atoms with van der Waals surface area (Å²) in [6.07, 6.45) is 4.92. The van der Waals surface area contributed by atoms with E-state index in [1.54, 1.807) is 10.9 Å². The van der Waals surface area contributed by atoms with Crippen LogP contribution in [0.25, 0.3) is 11.0 Å². The summed E-state index contributed by atoms with van der Waals surface area (Å²) in [5.74, 6) is 1.58. The Morgan fingerprint density at radius 3 is 3.00 bits per heavy atom. The van der Waals surface area contributed by atoms with Gasteiger partial charge in [0, 0.05) is 20.0 Å². The van der Waals surface area contributed by atoms with E-state index >= 15 is 0 Å². The highest BCUT2D eigenvalue weighted by Crippen LogP contribution is 2.21. The molecule has 0 bridgehead atoms. The van der Waals surface area contributed by atoms with Gasteiger partial charge in [-0.05, 0) is 44.4 Å². The number of rotatable bonds is 5. The van der Waals surface area contributed by atoms with Crippen LogP contribution in [0.2, 0.25) is 0 Å². The van der Waals surface area contributed by atoms with Crippen molar-refractivity contribution in [1.29, 1.82) is 0 Å². The average molecular weight is 366 g/mol. The molecular formula is C20H26N6O. The van der Waals surface area contributed by atoms with Crippen molar-refractivity contribution in [2.45, 2.75) is 26.2 Å². The molecule has 0 aliphatic carbocycles. The first-order valence-corrected chi connectivity index (χ1v) is 9.53. The van der Waals surface area contributed by atoms with Gasteiger partial charge in [0.2, 0.25) is 5.91 Å². The first-order valence-electron chi connectivity index (χ1n) is 9.53. The van der Waals surface area contributed by atoms with E-state index in [-0.39, 0.29) is 5.91 Å². The number of aromatic nitrogens is 4. The summed E-state index contributed by atoms with van der Waals surface area (Å²) in [5.41, 5.74) is 3.86. The first-order chi connectivity index (χ1) is 13.1. The number of nitrogens with one attached hydrogen (secondary N) is 2. The molecule has 0 radical (unpaired) electrons. The molecular weight excluding hydrogens is 340 g/mol. The average Bonchev–Trinajstić information content (AvgIpc) is 3.19. The number of piperidine rings is 1. The number of likely N-dealkylation sites (tertiary alicyclic amines) is 1. The minimum Gasteiger partial charge on any atom is -0.342 e. The Kier molecular flexibility index (Phi) is 4.94. The Hall–Kier alpha value is -2.67. The van der Waals surface area contributed by atoms with Crippen LogP contribution in [0.15, 0.2) is 30.5 Å². The smallest absolute Gasteiger partial charge is 0.238 e. The van der Waals surface area contributed by atoms with E-state index in [1.165, 1.54) is 6.42 Å². The third kappa shape index (κ3) is 4.03. The van der Waals surface area contributed by atoms with Gasteiger partial charge >= 0.3 is 0 Å². The van der Waals surface area contributed by atoms with Crippen LogP contribution in [-0.2, 0) is 18.3 Å². The number of aryl methyl sites for hydroxylation is 1. The van der Waals surface area contributed by atoms with Crippen molar-refractivity contribution in [3.05, 3.63) is 42.0 Å². The first kappa shape index (κ1) is 17.7. The van der Waals surface area contributed by atoms with E-state index in [4.69, 9.17) is 4.98 Å². The minimum absolute atomic E-state index is 0.0236. The monoisotopic (exact) mass is 366 g/mol. The molecule has 2 N–H and O–H groups in total. The van der Waals surface area contributed by atoms with Crippen LogP contribution in [0, 0.1) is 12.8 Å². The van der Waals surface area contributed by atoms with Gasteiger partial charge in [0.05, 0.1) is 35.2 Å². The van der Waals surface area contributed by atoms with Crippen molar-refractivity contribution in [3.63, 3.8) is 0 Å². The molecule has 3 heterocycles. The number of para-hydroxylation sites is 2. The fraction of sp³-hybridized carbons (Fsp3) is 0.450. The highest BCUT2D eigenvalue weighted by molar-refractivity contribution is 5.92. The van der Waals surface area contributed by atoms with Gasteiger partial charge in [-0.1, -0.05) is 12.1 Å². The zero-order valence-corrected chi connectivity index (χ0v) is 15.9. The Balaban J connectivity index is 1.33. The van der Waals surface area contributed by atoms with E-state index in [0.717, 1.165) is 54.2 Å². The van der Waals surface area contributed by atoms with Gasteiger partial charge in [-0.3, -0.25) is 14.4 Å². The second-order valence-electron chi connectivity index (χ2n) is 7.46. The number of carbonyl (C=O) groups is 1. The highest BCUT2D eigenvalue weighted by Gasteiger charge is 2.23. The maximum absolute atomic E-state index is 12.4. The fourth-order valence-electron chi connectivity index (χ4n) is 3.85. The predicted octanol–water partition coefficient (Wildman–Crippen LogP) is 2.50. The van der Waals surface area contributed by atoms with Gasteiger partial charge in [-0.2, -0.15) is 5.10 Å². The lowest BCUT2D eigenvalue weighted by Crippen LogP contribution is -2.41. The van der Waals surface area contributed by atoms with E-state index in [1.807, 2.05) is 32.2 Å². The maximum Gasteiger partial charge on any atom is 0.238 e. The quantitative estimate of drug-likeness (QED) is 0.727. The van der Waals surface area contributed by atoms with Crippen molar-refractivity contribution in [3.8, 4) is 0 Å². The molecule has 1 atom stereocenters. The zero-order chi connectivity index (χ0) is 18.8. The molecule has 4 rings (SSSR count). The van der Waals surface area contributed by atoms with Gasteiger partial charge in [-0.15, -0.1) is 0 Å². The van der Waals surface area contributed by atoms with E-state index in [2.05, 4.69) is 26.4 Å². The Morgan fingerprint density at radius 2 is 2.22 bits per heavy atom. The number of amides is 1. The second kappa shape index (κ2) is 7.52. The summed E-state index contributed by atoms with van der Waals surface area (Å²) < 4.78 is 1.76. The lowest BCUT2D eigenvalue weighted by atomic mass is 9.94. The topological polar surface area (TPSA) is 78.8 Å². The Bertz CT molecular complexity index is 910. The van der Waals surface area contributed by atoms with Crippen LogP contribution >= 0.6 is 0 Å². The van der Waals surface area contributed by atoms with Gasteiger partial charge in [0.25, 0.3) is 0 Å². The Labute approximate surface area is 158 Å². The largest absolute Gasteiger partial charge is 0.342 e. The van der Waals surface area contributed by atoms with Crippen LogP contribution in [0.4, 0.5) is 5.69 Å². The van der Waals surface area contributed by atoms with Gasteiger partial charge in [0.15, 0.2) is 0 Å². The minimum atomic E-state index is 0.0236. The summed E-state index contributed by atoms with van der Waals surface area (Å²) in [5, 5.41) is 7.15. The number of benzene rings is 1. The molecule has 27 heavy (non-hydrogen) atoms. The molecule has 0 saturated carbocycles. The van der Waals surface area contributed by atoms with Crippen molar-refractivity contribution in [1.82, 2.24) is 24.6 Å². The molecule has 2 aromatic heterocycles. The van der Waals surface area contributed by atoms with E-state index in [9.17, 15) is 4.79 Å². The maximum atomic E-state index is 12.4. The molecule has 7 heteroatoms. The molecule has 1 amide bonds. The van der Waals surface area contributed by atoms with Crippen molar-refractivity contribution in [2.24, 2.45) is 13.0 Å². The standard InChI is InChI=1S/C20H26N6O/c1-14-18(11-21-25(14)2)24-20(27)13-26-9-5-6-15(12-26)10-19-22-16-7-3-4-8-17(16)23-19/h3-4,7-8,11,15H,5-6,9-10,12-13H2,1-2H3,(H,22,23)(H,24,27)/t15-/m0/s1. The fourth-order valence-corrected chi connectivity index (χ4v) is 3.85. The number of aromatic amines is 1. The summed E-state index contributed by atoms with van der Waals surface area (Å²) in [6, 6.07) is 8.13. The van der Waals surface area contributed by atoms with Gasteiger partial charge in [-0.25, -0.2) is 4.98 Å². The number of anilines is 1. The number of hydrogen-bond acceptors (Lipinski definition) is 4. The van der Waals surface area contributed by atoms with Gasteiger partial charge < -0.3 is 10.3 Å². The summed E-state index contributed by atoms with van der Waals surface area (Å²) >= 11 is 0. The lowest BCUT2D eigenvalue weighted by molar-refractivity contribution is -0.117. The van der Waals surface area contributed by atoms with Crippen LogP contribution in [-0.4, -0.2) is 50.2 Å². The third-order valence-electron chi connectivity index (χ3n) is 5.40. The molecule has 1 aromatic carbocycles. The molecule has 1 aliphatic heterocycles.